The first-order chi connectivity index (χ1) is 28.0. The quantitative estimate of drug-likeness (QED) is 0.0196. The summed E-state index contributed by atoms with van der Waals surface area (Å²) >= 11 is 0. The number of phosphoric ester groups is 1. The van der Waals surface area contributed by atoms with Crippen LogP contribution < -0.4 is 4.89 Å². The number of nitrogens with zero attached hydrogens (tertiary/aromatic N) is 1. The number of ether oxygens (including phenoxy) is 2. The van der Waals surface area contributed by atoms with E-state index < -0.39 is 26.5 Å². The Labute approximate surface area is 358 Å². The van der Waals surface area contributed by atoms with Gasteiger partial charge in [0.1, 0.15) is 19.8 Å². The maximum atomic E-state index is 12.7. The molecule has 0 aliphatic heterocycles. The second-order valence-corrected chi connectivity index (χ2v) is 19.2. The van der Waals surface area contributed by atoms with Crippen molar-refractivity contribution in [1.82, 2.24) is 0 Å². The lowest BCUT2D eigenvalue weighted by Gasteiger charge is -2.28. The Morgan fingerprint density at radius 3 is 1.28 bits per heavy atom. The van der Waals surface area contributed by atoms with Gasteiger partial charge >= 0.3 is 11.9 Å². The molecule has 2 atom stereocenters. The lowest BCUT2D eigenvalue weighted by molar-refractivity contribution is -0.870. The molecule has 58 heavy (non-hydrogen) atoms. The summed E-state index contributed by atoms with van der Waals surface area (Å²) in [7, 11) is 1.17. The van der Waals surface area contributed by atoms with E-state index in [1.54, 1.807) is 0 Å². The van der Waals surface area contributed by atoms with Gasteiger partial charge in [0.2, 0.25) is 0 Å². The first kappa shape index (κ1) is 56.8. The van der Waals surface area contributed by atoms with E-state index in [1.165, 1.54) is 148 Å². The summed E-state index contributed by atoms with van der Waals surface area (Å²) < 4.78 is 34.0. The number of hydrogen-bond acceptors (Lipinski definition) is 8. The van der Waals surface area contributed by atoms with E-state index in [0.717, 1.165) is 51.4 Å². The lowest BCUT2D eigenvalue weighted by atomic mass is 10.0. The zero-order chi connectivity index (χ0) is 42.8. The molecule has 10 heteroatoms. The van der Waals surface area contributed by atoms with Gasteiger partial charge in [0.05, 0.1) is 27.7 Å². The molecule has 344 valence electrons. The number of phosphoric acid groups is 1. The van der Waals surface area contributed by atoms with Crippen LogP contribution in [0.4, 0.5) is 0 Å². The van der Waals surface area contributed by atoms with E-state index in [4.69, 9.17) is 18.5 Å². The summed E-state index contributed by atoms with van der Waals surface area (Å²) in [5.74, 6) is -0.831. The normalized spacial score (nSPS) is 13.6. The van der Waals surface area contributed by atoms with Gasteiger partial charge in [0.25, 0.3) is 7.82 Å². The number of unbranched alkanes of at least 4 members (excludes halogenated alkanes) is 29. The van der Waals surface area contributed by atoms with Crippen LogP contribution in [0, 0.1) is 0 Å². The molecule has 0 aromatic heterocycles. The van der Waals surface area contributed by atoms with Gasteiger partial charge in [-0.3, -0.25) is 14.2 Å². The number of likely N-dealkylation sites (N-methyl/N-ethyl adjacent to an activating group) is 1. The number of allylic oxidation sites excluding steroid dienone is 2. The molecule has 0 N–H and O–H groups in total. The van der Waals surface area contributed by atoms with Crippen molar-refractivity contribution in [2.45, 2.75) is 238 Å². The molecule has 9 nitrogen and oxygen atoms in total. The van der Waals surface area contributed by atoms with Crippen molar-refractivity contribution in [2.75, 3.05) is 47.5 Å². The maximum Gasteiger partial charge on any atom is 0.306 e. The molecule has 0 spiro atoms. The van der Waals surface area contributed by atoms with Gasteiger partial charge in [-0.05, 0) is 38.5 Å². The summed E-state index contributed by atoms with van der Waals surface area (Å²) in [4.78, 5) is 37.6. The van der Waals surface area contributed by atoms with Crippen LogP contribution in [0.25, 0.3) is 0 Å². The zero-order valence-corrected chi connectivity index (χ0v) is 39.7. The highest BCUT2D eigenvalue weighted by molar-refractivity contribution is 7.45. The highest BCUT2D eigenvalue weighted by atomic mass is 31.2. The molecular formula is C48H94NO8P. The van der Waals surface area contributed by atoms with Crippen LogP contribution in [0.1, 0.15) is 232 Å². The minimum Gasteiger partial charge on any atom is -0.756 e. The Morgan fingerprint density at radius 1 is 0.517 bits per heavy atom. The fourth-order valence-corrected chi connectivity index (χ4v) is 7.67. The molecule has 0 aromatic carbocycles. The fraction of sp³-hybridized carbons (Fsp3) is 0.917. The van der Waals surface area contributed by atoms with Gasteiger partial charge in [-0.15, -0.1) is 0 Å². The van der Waals surface area contributed by atoms with E-state index in [9.17, 15) is 19.0 Å². The molecule has 0 saturated carbocycles. The van der Waals surface area contributed by atoms with Crippen molar-refractivity contribution in [2.24, 2.45) is 0 Å². The Kier molecular flexibility index (Phi) is 40.2. The largest absolute Gasteiger partial charge is 0.756 e. The van der Waals surface area contributed by atoms with Crippen LogP contribution in [0.3, 0.4) is 0 Å². The first-order valence-corrected chi connectivity index (χ1v) is 25.9. The van der Waals surface area contributed by atoms with Gasteiger partial charge in [-0.2, -0.15) is 0 Å². The topological polar surface area (TPSA) is 111 Å². The van der Waals surface area contributed by atoms with Crippen LogP contribution in [-0.4, -0.2) is 70.0 Å². The third-order valence-corrected chi connectivity index (χ3v) is 11.7. The lowest BCUT2D eigenvalue weighted by Crippen LogP contribution is -2.37. The summed E-state index contributed by atoms with van der Waals surface area (Å²) in [6, 6.07) is 0. The van der Waals surface area contributed by atoms with E-state index in [-0.39, 0.29) is 32.0 Å². The Bertz CT molecular complexity index is 1000. The molecule has 0 saturated heterocycles. The Balaban J connectivity index is 4.26. The summed E-state index contributed by atoms with van der Waals surface area (Å²) in [5, 5.41) is 0. The van der Waals surface area contributed by atoms with Crippen molar-refractivity contribution in [3.63, 3.8) is 0 Å². The molecular weight excluding hydrogens is 750 g/mol. The highest BCUT2D eigenvalue weighted by Crippen LogP contribution is 2.38. The Morgan fingerprint density at radius 2 is 0.879 bits per heavy atom. The SMILES string of the molecule is CCCCCCCC/C=C\CCCCCCCC(=O)OCC(COP(=O)([O-])OCC[N+](C)(C)C)OC(=O)CCCCCCCCCCCCCCCCCCCCC. The van der Waals surface area contributed by atoms with Gasteiger partial charge in [0.15, 0.2) is 6.10 Å². The van der Waals surface area contributed by atoms with Crippen LogP contribution in [0.2, 0.25) is 0 Å². The minimum atomic E-state index is -4.62. The number of carbonyl (C=O) groups excluding carboxylic acids is 2. The number of esters is 2. The number of carbonyl (C=O) groups is 2. The van der Waals surface area contributed by atoms with Gasteiger partial charge in [-0.25, -0.2) is 0 Å². The molecule has 0 aromatic rings. The van der Waals surface area contributed by atoms with Gasteiger partial charge in [-0.1, -0.05) is 193 Å². The third-order valence-electron chi connectivity index (χ3n) is 10.8. The van der Waals surface area contributed by atoms with E-state index >= 15 is 0 Å². The van der Waals surface area contributed by atoms with Crippen molar-refractivity contribution < 1.29 is 42.1 Å². The van der Waals surface area contributed by atoms with Crippen LogP contribution in [0.5, 0.6) is 0 Å². The summed E-state index contributed by atoms with van der Waals surface area (Å²) in [6.45, 7) is 4.25. The Hall–Kier alpha value is -1.25. The van der Waals surface area contributed by atoms with Gasteiger partial charge < -0.3 is 27.9 Å². The van der Waals surface area contributed by atoms with Crippen molar-refractivity contribution in [3.8, 4) is 0 Å². The molecule has 0 fully saturated rings. The molecule has 0 aliphatic carbocycles. The number of rotatable bonds is 45. The number of quaternary nitrogens is 1. The first-order valence-electron chi connectivity index (χ1n) is 24.4. The highest BCUT2D eigenvalue weighted by Gasteiger charge is 2.21. The average molecular weight is 844 g/mol. The fourth-order valence-electron chi connectivity index (χ4n) is 6.95. The standard InChI is InChI=1S/C48H94NO8P/c1-6-8-10-12-14-16-18-20-22-23-24-25-27-29-31-33-35-37-39-41-48(51)57-46(45-56-58(52,53)55-43-42-49(3,4)5)44-54-47(50)40-38-36-34-32-30-28-26-21-19-17-15-13-11-9-7-2/h21,26,46H,6-20,22-25,27-45H2,1-5H3/b26-21-. The van der Waals surface area contributed by atoms with Crippen molar-refractivity contribution >= 4 is 19.8 Å². The van der Waals surface area contributed by atoms with E-state index in [2.05, 4.69) is 26.0 Å². The molecule has 0 aliphatic rings. The molecule has 0 amide bonds. The molecule has 0 rings (SSSR count). The average Bonchev–Trinajstić information content (AvgIpc) is 3.17. The zero-order valence-electron chi connectivity index (χ0n) is 38.8. The third kappa shape index (κ3) is 44.3. The molecule has 0 bridgehead atoms. The predicted octanol–water partition coefficient (Wildman–Crippen LogP) is 13.5. The van der Waals surface area contributed by atoms with Crippen molar-refractivity contribution in [3.05, 3.63) is 12.2 Å². The summed E-state index contributed by atoms with van der Waals surface area (Å²) in [6.07, 6.45) is 43.8. The summed E-state index contributed by atoms with van der Waals surface area (Å²) in [5.41, 5.74) is 0. The number of hydrogen-bond donors (Lipinski definition) is 0. The second kappa shape index (κ2) is 41.1. The van der Waals surface area contributed by atoms with Crippen LogP contribution in [-0.2, 0) is 32.7 Å². The van der Waals surface area contributed by atoms with Crippen LogP contribution >= 0.6 is 7.82 Å². The second-order valence-electron chi connectivity index (χ2n) is 17.8. The monoisotopic (exact) mass is 844 g/mol. The molecule has 2 unspecified atom stereocenters. The van der Waals surface area contributed by atoms with Crippen LogP contribution in [0.15, 0.2) is 12.2 Å². The molecule has 0 radical (unpaired) electrons. The maximum absolute atomic E-state index is 12.7. The van der Waals surface area contributed by atoms with Gasteiger partial charge in [0, 0.05) is 12.8 Å². The smallest absolute Gasteiger partial charge is 0.306 e. The predicted molar refractivity (Wildman–Crippen MR) is 241 cm³/mol. The van der Waals surface area contributed by atoms with E-state index in [1.807, 2.05) is 21.1 Å². The minimum absolute atomic E-state index is 0.0287. The van der Waals surface area contributed by atoms with Crippen molar-refractivity contribution in [1.29, 1.82) is 0 Å². The molecule has 0 heterocycles. The van der Waals surface area contributed by atoms with E-state index in [0.29, 0.717) is 17.4 Å².